The largest absolute Gasteiger partial charge is 0.497 e. The number of carboxylic acid groups (broad SMARTS) is 1. The molecule has 4 rings (SSSR count). The number of methoxy groups -OCH3 is 1. The van der Waals surface area contributed by atoms with Crippen LogP contribution in [0, 0.1) is 11.8 Å². The fraction of sp³-hybridized carbons (Fsp3) is 0.481. The molecule has 36 heavy (non-hydrogen) atoms. The van der Waals surface area contributed by atoms with E-state index in [4.69, 9.17) is 9.57 Å². The summed E-state index contributed by atoms with van der Waals surface area (Å²) in [6, 6.07) is 12.1. The van der Waals surface area contributed by atoms with E-state index in [1.54, 1.807) is 25.6 Å². The van der Waals surface area contributed by atoms with Crippen LogP contribution in [-0.2, 0) is 9.63 Å². The van der Waals surface area contributed by atoms with Crippen LogP contribution in [0.15, 0.2) is 52.2 Å². The zero-order chi connectivity index (χ0) is 25.3. The molecule has 0 spiro atoms. The molecule has 1 aliphatic heterocycles. The molecule has 0 radical (unpaired) electrons. The standard InChI is InChI=1S/C27H35N3O4S2/c1-33-21-6-8-24-23(17-21)22(9-11-28-24)25(29-34-2)7-5-19-10-12-30(18-20(19)16-26(31)32)13-15-36-27-4-3-14-35-27/h3-4,6,8-9,11,14,17,19-20,25,29H,5,7,10,12-13,15-16,18H2,1-2H3,(H,31,32)/t19-,20+,25-/m1/s1. The quantitative estimate of drug-likeness (QED) is 0.222. The predicted molar refractivity (Wildman–Crippen MR) is 146 cm³/mol. The van der Waals surface area contributed by atoms with Crippen LogP contribution < -0.4 is 10.2 Å². The number of nitrogens with zero attached hydrogens (tertiary/aromatic N) is 2. The highest BCUT2D eigenvalue weighted by molar-refractivity contribution is 8.01. The molecule has 3 heterocycles. The van der Waals surface area contributed by atoms with Gasteiger partial charge in [-0.05, 0) is 78.9 Å². The minimum absolute atomic E-state index is 0.0293. The summed E-state index contributed by atoms with van der Waals surface area (Å²) in [7, 11) is 3.30. The van der Waals surface area contributed by atoms with Crippen LogP contribution in [0.2, 0.25) is 0 Å². The highest BCUT2D eigenvalue weighted by Gasteiger charge is 2.31. The van der Waals surface area contributed by atoms with Crippen molar-refractivity contribution in [2.45, 2.75) is 35.9 Å². The molecule has 0 saturated carbocycles. The van der Waals surface area contributed by atoms with Gasteiger partial charge in [-0.2, -0.15) is 5.48 Å². The van der Waals surface area contributed by atoms with Gasteiger partial charge in [-0.15, -0.1) is 23.1 Å². The average Bonchev–Trinajstić information content (AvgIpc) is 3.40. The van der Waals surface area contributed by atoms with Crippen LogP contribution >= 0.6 is 23.1 Å². The van der Waals surface area contributed by atoms with E-state index < -0.39 is 5.97 Å². The molecule has 1 saturated heterocycles. The number of ether oxygens (including phenoxy) is 1. The van der Waals surface area contributed by atoms with Crippen molar-refractivity contribution in [3.8, 4) is 5.75 Å². The maximum absolute atomic E-state index is 11.7. The van der Waals surface area contributed by atoms with Crippen molar-refractivity contribution >= 4 is 40.0 Å². The van der Waals surface area contributed by atoms with Gasteiger partial charge in [-0.3, -0.25) is 9.78 Å². The number of aliphatic carboxylic acids is 1. The maximum Gasteiger partial charge on any atom is 0.303 e. The van der Waals surface area contributed by atoms with Gasteiger partial charge in [0.25, 0.3) is 0 Å². The zero-order valence-corrected chi connectivity index (χ0v) is 22.5. The summed E-state index contributed by atoms with van der Waals surface area (Å²) in [6.45, 7) is 2.85. The minimum atomic E-state index is -0.710. The first-order chi connectivity index (χ1) is 17.6. The fourth-order valence-corrected chi connectivity index (χ4v) is 7.06. The molecule has 2 aromatic heterocycles. The summed E-state index contributed by atoms with van der Waals surface area (Å²) in [5, 5.41) is 12.7. The third-order valence-electron chi connectivity index (χ3n) is 7.00. The second-order valence-electron chi connectivity index (χ2n) is 9.22. The van der Waals surface area contributed by atoms with Crippen molar-refractivity contribution in [3.63, 3.8) is 0 Å². The number of thiophene rings is 1. The number of likely N-dealkylation sites (tertiary alicyclic amines) is 1. The number of carboxylic acids is 1. The van der Waals surface area contributed by atoms with E-state index >= 15 is 0 Å². The molecule has 1 fully saturated rings. The molecule has 0 aliphatic carbocycles. The van der Waals surface area contributed by atoms with Crippen molar-refractivity contribution in [1.29, 1.82) is 0 Å². The fourth-order valence-electron chi connectivity index (χ4n) is 5.19. The van der Waals surface area contributed by atoms with Gasteiger partial charge in [0.1, 0.15) is 5.75 Å². The predicted octanol–water partition coefficient (Wildman–Crippen LogP) is 5.48. The molecule has 3 aromatic rings. The van der Waals surface area contributed by atoms with Gasteiger partial charge in [0.2, 0.25) is 0 Å². The van der Waals surface area contributed by atoms with Gasteiger partial charge in [0, 0.05) is 36.8 Å². The molecular weight excluding hydrogens is 494 g/mol. The number of hydrogen-bond acceptors (Lipinski definition) is 8. The van der Waals surface area contributed by atoms with Crippen molar-refractivity contribution < 1.29 is 19.5 Å². The van der Waals surface area contributed by atoms with Crippen molar-refractivity contribution in [2.75, 3.05) is 39.6 Å². The monoisotopic (exact) mass is 529 g/mol. The smallest absolute Gasteiger partial charge is 0.303 e. The van der Waals surface area contributed by atoms with Crippen LogP contribution in [0.5, 0.6) is 5.75 Å². The van der Waals surface area contributed by atoms with Crippen LogP contribution in [0.1, 0.15) is 37.3 Å². The number of pyridine rings is 1. The van der Waals surface area contributed by atoms with Gasteiger partial charge in [0.15, 0.2) is 0 Å². The Balaban J connectivity index is 1.41. The van der Waals surface area contributed by atoms with E-state index in [1.165, 1.54) is 4.21 Å². The van der Waals surface area contributed by atoms with E-state index in [9.17, 15) is 9.90 Å². The second kappa shape index (κ2) is 13.4. The van der Waals surface area contributed by atoms with Gasteiger partial charge < -0.3 is 19.6 Å². The lowest BCUT2D eigenvalue weighted by Gasteiger charge is -2.38. The third kappa shape index (κ3) is 7.20. The summed E-state index contributed by atoms with van der Waals surface area (Å²) < 4.78 is 6.78. The van der Waals surface area contributed by atoms with Gasteiger partial charge in [-0.25, -0.2) is 0 Å². The SMILES string of the molecule is CON[C@H](CC[C@@H]1CCN(CCSc2cccs2)C[C@@H]1CC(=O)O)c1ccnc2ccc(OC)cc12. The van der Waals surface area contributed by atoms with E-state index in [-0.39, 0.29) is 18.4 Å². The molecule has 0 bridgehead atoms. The van der Waals surface area contributed by atoms with E-state index in [0.29, 0.717) is 5.92 Å². The molecule has 9 heteroatoms. The van der Waals surface area contributed by atoms with Crippen molar-refractivity contribution in [1.82, 2.24) is 15.4 Å². The molecule has 0 amide bonds. The number of thioether (sulfide) groups is 1. The van der Waals surface area contributed by atoms with E-state index in [2.05, 4.69) is 32.9 Å². The molecule has 2 N–H and O–H groups in total. The molecule has 7 nitrogen and oxygen atoms in total. The molecule has 3 atom stereocenters. The summed E-state index contributed by atoms with van der Waals surface area (Å²) in [6.07, 6.45) is 4.85. The van der Waals surface area contributed by atoms with E-state index in [1.807, 2.05) is 42.2 Å². The number of nitrogens with one attached hydrogen (secondary N) is 1. The highest BCUT2D eigenvalue weighted by Crippen LogP contribution is 2.35. The van der Waals surface area contributed by atoms with E-state index in [0.717, 1.165) is 66.9 Å². The topological polar surface area (TPSA) is 83.9 Å². The number of fused-ring (bicyclic) bond motifs is 1. The Morgan fingerprint density at radius 2 is 2.19 bits per heavy atom. The number of aromatic nitrogens is 1. The lowest BCUT2D eigenvalue weighted by molar-refractivity contribution is -0.139. The first-order valence-corrected chi connectivity index (χ1v) is 14.3. The summed E-state index contributed by atoms with van der Waals surface area (Å²) in [5.41, 5.74) is 5.20. The Morgan fingerprint density at radius 1 is 1.31 bits per heavy atom. The number of piperidine rings is 1. The lowest BCUT2D eigenvalue weighted by Crippen LogP contribution is -2.42. The van der Waals surface area contributed by atoms with Crippen LogP contribution in [0.3, 0.4) is 0 Å². The van der Waals surface area contributed by atoms with Crippen LogP contribution in [0.4, 0.5) is 0 Å². The molecule has 1 aliphatic rings. The zero-order valence-electron chi connectivity index (χ0n) is 20.9. The number of benzene rings is 1. The third-order valence-corrected chi connectivity index (χ3v) is 9.11. The van der Waals surface area contributed by atoms with Gasteiger partial charge >= 0.3 is 5.97 Å². The lowest BCUT2D eigenvalue weighted by atomic mass is 9.79. The minimum Gasteiger partial charge on any atom is -0.497 e. The van der Waals surface area contributed by atoms with Crippen molar-refractivity contribution in [2.24, 2.45) is 11.8 Å². The molecule has 1 aromatic carbocycles. The molecular formula is C27H35N3O4S2. The van der Waals surface area contributed by atoms with Gasteiger partial charge in [0.05, 0.1) is 30.0 Å². The number of carbonyl (C=O) groups is 1. The van der Waals surface area contributed by atoms with Gasteiger partial charge in [-0.1, -0.05) is 6.07 Å². The van der Waals surface area contributed by atoms with Crippen LogP contribution in [-0.4, -0.2) is 60.6 Å². The second-order valence-corrected chi connectivity index (χ2v) is 11.6. The Bertz CT molecular complexity index is 1110. The number of rotatable bonds is 13. The summed E-state index contributed by atoms with van der Waals surface area (Å²) >= 11 is 3.65. The Hall–Kier alpha value is -2.17. The summed E-state index contributed by atoms with van der Waals surface area (Å²) in [4.78, 5) is 24.0. The molecule has 194 valence electrons. The molecule has 0 unspecified atom stereocenters. The van der Waals surface area contributed by atoms with Crippen LogP contribution in [0.25, 0.3) is 10.9 Å². The Labute approximate surface area is 221 Å². The normalized spacial score (nSPS) is 19.4. The average molecular weight is 530 g/mol. The first kappa shape index (κ1) is 26.9. The first-order valence-electron chi connectivity index (χ1n) is 12.4. The Morgan fingerprint density at radius 3 is 2.94 bits per heavy atom. The highest BCUT2D eigenvalue weighted by atomic mass is 32.2. The number of hydroxylamine groups is 1. The maximum atomic E-state index is 11.7. The van der Waals surface area contributed by atoms with Crippen molar-refractivity contribution in [3.05, 3.63) is 53.5 Å². The Kier molecular flexibility index (Phi) is 10.0. The summed E-state index contributed by atoms with van der Waals surface area (Å²) in [5.74, 6) is 1.63. The number of hydrogen-bond donors (Lipinski definition) is 2.